The van der Waals surface area contributed by atoms with Gasteiger partial charge >= 0.3 is 5.97 Å². The normalized spacial score (nSPS) is 22.8. The van der Waals surface area contributed by atoms with Crippen LogP contribution >= 0.6 is 0 Å². The first-order valence-electron chi connectivity index (χ1n) is 13.0. The van der Waals surface area contributed by atoms with Crippen molar-refractivity contribution in [3.8, 4) is 0 Å². The maximum absolute atomic E-state index is 14.2. The van der Waals surface area contributed by atoms with Crippen molar-refractivity contribution >= 4 is 34.4 Å². The number of anilines is 1. The number of fused-ring (bicyclic) bond motifs is 3. The highest BCUT2D eigenvalue weighted by molar-refractivity contribution is 6.09. The third kappa shape index (κ3) is 3.69. The number of carbonyl (C=O) groups excluding carboxylic acids is 2. The van der Waals surface area contributed by atoms with Crippen molar-refractivity contribution in [2.24, 2.45) is 13.0 Å². The largest absolute Gasteiger partial charge is 0.481 e. The fourth-order valence-corrected chi connectivity index (χ4v) is 6.54. The fraction of sp³-hybridized carbons (Fsp3) is 0.414. The number of aliphatic carboxylic acids is 1. The van der Waals surface area contributed by atoms with Gasteiger partial charge in [0.25, 0.3) is 5.91 Å². The van der Waals surface area contributed by atoms with Crippen LogP contribution in [0.1, 0.15) is 67.0 Å². The number of carbonyl (C=O) groups is 3. The highest BCUT2D eigenvalue weighted by Gasteiger charge is 2.51. The van der Waals surface area contributed by atoms with Gasteiger partial charge in [-0.25, -0.2) is 0 Å². The first-order valence-corrected chi connectivity index (χ1v) is 13.0. The highest BCUT2D eigenvalue weighted by atomic mass is 16.4. The van der Waals surface area contributed by atoms with Crippen LogP contribution in [0.2, 0.25) is 0 Å². The average Bonchev–Trinajstić information content (AvgIpc) is 3.50. The minimum atomic E-state index is -0.950. The van der Waals surface area contributed by atoms with Gasteiger partial charge in [-0.15, -0.1) is 0 Å². The molecule has 3 aromatic rings. The first-order chi connectivity index (χ1) is 17.5. The molecular weight excluding hydrogens is 454 g/mol. The van der Waals surface area contributed by atoms with E-state index in [-0.39, 0.29) is 48.7 Å². The Morgan fingerprint density at radius 1 is 0.972 bits per heavy atom. The molecule has 3 atom stereocenters. The Hall–Kier alpha value is -3.61. The molecule has 7 heteroatoms. The zero-order chi connectivity index (χ0) is 25.0. The summed E-state index contributed by atoms with van der Waals surface area (Å²) in [6, 6.07) is 18.0. The molecule has 0 saturated heterocycles. The van der Waals surface area contributed by atoms with Crippen molar-refractivity contribution in [3.63, 3.8) is 0 Å². The molecule has 1 aliphatic heterocycles. The van der Waals surface area contributed by atoms with Crippen molar-refractivity contribution < 1.29 is 19.5 Å². The van der Waals surface area contributed by atoms with Crippen LogP contribution in [0.4, 0.5) is 5.69 Å². The number of benzene rings is 2. The molecule has 0 spiro atoms. The lowest BCUT2D eigenvalue weighted by Crippen LogP contribution is -2.53. The Kier molecular flexibility index (Phi) is 5.58. The number of para-hydroxylation sites is 2. The molecule has 36 heavy (non-hydrogen) atoms. The monoisotopic (exact) mass is 485 g/mol. The maximum Gasteiger partial charge on any atom is 0.303 e. The second kappa shape index (κ2) is 8.80. The lowest BCUT2D eigenvalue weighted by Gasteiger charge is -2.47. The quantitative estimate of drug-likeness (QED) is 0.538. The van der Waals surface area contributed by atoms with Crippen molar-refractivity contribution in [1.82, 2.24) is 9.47 Å². The van der Waals surface area contributed by atoms with Crippen molar-refractivity contribution in [2.75, 3.05) is 4.90 Å². The number of carboxylic acids is 1. The minimum Gasteiger partial charge on any atom is -0.481 e. The molecule has 6 rings (SSSR count). The van der Waals surface area contributed by atoms with E-state index in [1.807, 2.05) is 69.9 Å². The van der Waals surface area contributed by atoms with Crippen molar-refractivity contribution in [1.29, 1.82) is 0 Å². The molecule has 2 aromatic carbocycles. The lowest BCUT2D eigenvalue weighted by atomic mass is 9.81. The Labute approximate surface area is 210 Å². The predicted octanol–water partition coefficient (Wildman–Crippen LogP) is 4.90. The van der Waals surface area contributed by atoms with E-state index in [0.717, 1.165) is 54.3 Å². The molecule has 2 heterocycles. The minimum absolute atomic E-state index is 0.00364. The molecule has 1 aromatic heterocycles. The molecule has 2 saturated carbocycles. The second-order valence-electron chi connectivity index (χ2n) is 10.4. The molecule has 7 nitrogen and oxygen atoms in total. The van der Waals surface area contributed by atoms with Gasteiger partial charge in [-0.1, -0.05) is 42.8 Å². The zero-order valence-corrected chi connectivity index (χ0v) is 20.5. The van der Waals surface area contributed by atoms with Crippen LogP contribution in [0.5, 0.6) is 0 Å². The fourth-order valence-electron chi connectivity index (χ4n) is 6.54. The number of amides is 2. The van der Waals surface area contributed by atoms with Crippen LogP contribution < -0.4 is 4.90 Å². The van der Waals surface area contributed by atoms with Gasteiger partial charge < -0.3 is 19.5 Å². The summed E-state index contributed by atoms with van der Waals surface area (Å²) in [5.74, 6) is -0.910. The number of carboxylic acid groups (broad SMARTS) is 1. The van der Waals surface area contributed by atoms with Crippen LogP contribution in [0, 0.1) is 5.92 Å². The maximum atomic E-state index is 14.2. The lowest BCUT2D eigenvalue weighted by molar-refractivity contribution is -0.142. The van der Waals surface area contributed by atoms with E-state index in [2.05, 4.69) is 6.07 Å². The number of hydrogen-bond donors (Lipinski definition) is 1. The summed E-state index contributed by atoms with van der Waals surface area (Å²) in [7, 11) is 1.94. The molecule has 3 aliphatic rings. The average molecular weight is 486 g/mol. The number of aromatic nitrogens is 1. The molecule has 0 radical (unpaired) electrons. The number of rotatable bonds is 6. The van der Waals surface area contributed by atoms with Crippen LogP contribution in [-0.4, -0.2) is 44.4 Å². The van der Waals surface area contributed by atoms with Gasteiger partial charge in [0.2, 0.25) is 5.91 Å². The van der Waals surface area contributed by atoms with Crippen LogP contribution in [0.3, 0.4) is 0 Å². The summed E-state index contributed by atoms with van der Waals surface area (Å²) in [6.07, 6.45) is 4.60. The van der Waals surface area contributed by atoms with E-state index in [0.29, 0.717) is 5.69 Å². The zero-order valence-electron chi connectivity index (χ0n) is 20.5. The third-order valence-electron chi connectivity index (χ3n) is 8.25. The molecular formula is C29H31N3O4. The summed E-state index contributed by atoms with van der Waals surface area (Å²) >= 11 is 0. The summed E-state index contributed by atoms with van der Waals surface area (Å²) in [4.78, 5) is 42.8. The van der Waals surface area contributed by atoms with Crippen LogP contribution in [-0.2, 0) is 16.6 Å². The summed E-state index contributed by atoms with van der Waals surface area (Å²) in [5, 5.41) is 10.2. The van der Waals surface area contributed by atoms with E-state index >= 15 is 0 Å². The third-order valence-corrected chi connectivity index (χ3v) is 8.25. The standard InChI is InChI=1S/C29H31N3O4/c1-30-22-10-4-2-7-18(22)17-25(30)29(36)32-23-11-5-3-8-20(23)28(21-9-6-12-24(21)32)31(19-13-14-19)26(33)15-16-27(34)35/h2-5,7-8,10-11,17,19,21,24,28H,6,9,12-16H2,1H3,(H,34,35). The SMILES string of the molecule is Cn1c(C(=O)N2c3ccccc3C(N(C(=O)CCC(=O)O)C3CC3)C3CCCC32)cc2ccccc21. The van der Waals surface area contributed by atoms with Gasteiger partial charge in [0.1, 0.15) is 5.69 Å². The Morgan fingerprint density at radius 2 is 1.72 bits per heavy atom. The van der Waals surface area contributed by atoms with E-state index in [9.17, 15) is 19.5 Å². The summed E-state index contributed by atoms with van der Waals surface area (Å²) < 4.78 is 1.97. The summed E-state index contributed by atoms with van der Waals surface area (Å²) in [5.41, 5.74) is 3.56. The Morgan fingerprint density at radius 3 is 2.47 bits per heavy atom. The van der Waals surface area contributed by atoms with E-state index in [1.165, 1.54) is 0 Å². The second-order valence-corrected chi connectivity index (χ2v) is 10.4. The molecule has 3 unspecified atom stereocenters. The molecule has 186 valence electrons. The first kappa shape index (κ1) is 22.8. The topological polar surface area (TPSA) is 82.9 Å². The number of aryl methyl sites for hydroxylation is 1. The Bertz CT molecular complexity index is 1360. The van der Waals surface area contributed by atoms with Gasteiger partial charge in [-0.3, -0.25) is 14.4 Å². The molecule has 2 fully saturated rings. The highest BCUT2D eigenvalue weighted by Crippen LogP contribution is 2.53. The Balaban J connectivity index is 1.43. The van der Waals surface area contributed by atoms with E-state index in [1.54, 1.807) is 0 Å². The van der Waals surface area contributed by atoms with Gasteiger partial charge in [-0.05, 0) is 49.4 Å². The number of nitrogens with zero attached hydrogens (tertiary/aromatic N) is 3. The van der Waals surface area contributed by atoms with Crippen molar-refractivity contribution in [2.45, 2.75) is 63.1 Å². The number of hydrogen-bond acceptors (Lipinski definition) is 3. The van der Waals surface area contributed by atoms with Gasteiger partial charge in [0.15, 0.2) is 0 Å². The van der Waals surface area contributed by atoms with Gasteiger partial charge in [-0.2, -0.15) is 0 Å². The summed E-state index contributed by atoms with van der Waals surface area (Å²) in [6.45, 7) is 0. The van der Waals surface area contributed by atoms with Crippen LogP contribution in [0.15, 0.2) is 54.6 Å². The van der Waals surface area contributed by atoms with Crippen molar-refractivity contribution in [3.05, 3.63) is 65.9 Å². The molecule has 0 bridgehead atoms. The van der Waals surface area contributed by atoms with Crippen LogP contribution in [0.25, 0.3) is 10.9 Å². The van der Waals surface area contributed by atoms with Gasteiger partial charge in [0, 0.05) is 48.1 Å². The predicted molar refractivity (Wildman–Crippen MR) is 137 cm³/mol. The van der Waals surface area contributed by atoms with E-state index in [4.69, 9.17) is 0 Å². The van der Waals surface area contributed by atoms with Gasteiger partial charge in [0.05, 0.1) is 12.5 Å². The smallest absolute Gasteiger partial charge is 0.303 e. The molecule has 2 amide bonds. The molecule has 1 N–H and O–H groups in total. The molecule has 2 aliphatic carbocycles. The van der Waals surface area contributed by atoms with E-state index < -0.39 is 5.97 Å².